The Labute approximate surface area is 91.2 Å². The maximum absolute atomic E-state index is 12.9. The molecule has 3 nitrogen and oxygen atoms in total. The molecule has 0 heterocycles. The summed E-state index contributed by atoms with van der Waals surface area (Å²) in [6.07, 6.45) is -0.243. The summed E-state index contributed by atoms with van der Waals surface area (Å²) < 4.78 is 12.9. The number of rotatable bonds is 3. The summed E-state index contributed by atoms with van der Waals surface area (Å²) >= 11 is 5.60. The highest BCUT2D eigenvalue weighted by Crippen LogP contribution is 2.24. The number of anilines is 1. The molecule has 0 aromatic heterocycles. The third kappa shape index (κ3) is 3.32. The molecule has 1 aromatic rings. The molecule has 0 unspecified atom stereocenters. The van der Waals surface area contributed by atoms with E-state index in [4.69, 9.17) is 11.6 Å². The lowest BCUT2D eigenvalue weighted by Gasteiger charge is -2.06. The van der Waals surface area contributed by atoms with Crippen molar-refractivity contribution in [3.8, 4) is 0 Å². The van der Waals surface area contributed by atoms with Crippen molar-refractivity contribution >= 4 is 29.0 Å². The molecule has 0 aliphatic rings. The molecular formula is C10H9ClFNO2. The van der Waals surface area contributed by atoms with Gasteiger partial charge in [-0.05, 0) is 19.1 Å². The van der Waals surface area contributed by atoms with Gasteiger partial charge >= 0.3 is 0 Å². The standard InChI is InChI=1S/C10H9ClFNO2/c1-6(14)5-9(15)13-8-4-2-3-7(12)10(8)11/h2-4H,5H2,1H3,(H,13,15). The van der Waals surface area contributed by atoms with Crippen LogP contribution in [0.15, 0.2) is 18.2 Å². The zero-order chi connectivity index (χ0) is 11.4. The molecule has 0 aliphatic heterocycles. The van der Waals surface area contributed by atoms with Crippen LogP contribution >= 0.6 is 11.6 Å². The highest BCUT2D eigenvalue weighted by Gasteiger charge is 2.10. The summed E-state index contributed by atoms with van der Waals surface area (Å²) in [5, 5.41) is 2.19. The number of nitrogens with one attached hydrogen (secondary N) is 1. The quantitative estimate of drug-likeness (QED) is 0.809. The molecule has 1 rings (SSSR count). The first-order chi connectivity index (χ1) is 7.00. The van der Waals surface area contributed by atoms with E-state index in [1.165, 1.54) is 25.1 Å². The van der Waals surface area contributed by atoms with E-state index in [0.29, 0.717) is 0 Å². The van der Waals surface area contributed by atoms with E-state index in [2.05, 4.69) is 5.32 Å². The molecule has 0 radical (unpaired) electrons. The van der Waals surface area contributed by atoms with E-state index >= 15 is 0 Å². The normalized spacial score (nSPS) is 9.80. The maximum Gasteiger partial charge on any atom is 0.231 e. The average molecular weight is 230 g/mol. The second kappa shape index (κ2) is 4.89. The molecular weight excluding hydrogens is 221 g/mol. The number of carbonyl (C=O) groups excluding carboxylic acids is 2. The monoisotopic (exact) mass is 229 g/mol. The van der Waals surface area contributed by atoms with Gasteiger partial charge in [0, 0.05) is 0 Å². The van der Waals surface area contributed by atoms with Crippen LogP contribution in [0.4, 0.5) is 10.1 Å². The first-order valence-electron chi connectivity index (χ1n) is 4.24. The Balaban J connectivity index is 2.77. The van der Waals surface area contributed by atoms with E-state index in [-0.39, 0.29) is 22.9 Å². The summed E-state index contributed by atoms with van der Waals surface area (Å²) in [6.45, 7) is 1.30. The zero-order valence-electron chi connectivity index (χ0n) is 8.01. The number of halogens is 2. The SMILES string of the molecule is CC(=O)CC(=O)Nc1cccc(F)c1Cl. The van der Waals surface area contributed by atoms with Crippen molar-refractivity contribution in [3.63, 3.8) is 0 Å². The lowest BCUT2D eigenvalue weighted by Crippen LogP contribution is -2.15. The van der Waals surface area contributed by atoms with Gasteiger partial charge in [-0.2, -0.15) is 0 Å². The first-order valence-corrected chi connectivity index (χ1v) is 4.62. The largest absolute Gasteiger partial charge is 0.324 e. The minimum atomic E-state index is -0.614. The van der Waals surface area contributed by atoms with Crippen LogP contribution in [0.3, 0.4) is 0 Å². The van der Waals surface area contributed by atoms with Crippen molar-refractivity contribution in [3.05, 3.63) is 29.0 Å². The second-order valence-corrected chi connectivity index (χ2v) is 3.41. The molecule has 0 atom stereocenters. The minimum Gasteiger partial charge on any atom is -0.324 e. The summed E-state index contributed by atoms with van der Waals surface area (Å²) in [5.74, 6) is -1.38. The predicted molar refractivity (Wildman–Crippen MR) is 55.3 cm³/mol. The third-order valence-electron chi connectivity index (χ3n) is 1.64. The number of hydrogen-bond acceptors (Lipinski definition) is 2. The van der Waals surface area contributed by atoms with Gasteiger partial charge in [0.25, 0.3) is 0 Å². The van der Waals surface area contributed by atoms with Gasteiger partial charge in [-0.25, -0.2) is 4.39 Å². The van der Waals surface area contributed by atoms with Gasteiger partial charge in [0.1, 0.15) is 11.6 Å². The van der Waals surface area contributed by atoms with Crippen LogP contribution in [0, 0.1) is 5.82 Å². The van der Waals surface area contributed by atoms with Crippen molar-refractivity contribution < 1.29 is 14.0 Å². The van der Waals surface area contributed by atoms with Crippen LogP contribution in [-0.2, 0) is 9.59 Å². The smallest absolute Gasteiger partial charge is 0.231 e. The van der Waals surface area contributed by atoms with E-state index in [0.717, 1.165) is 0 Å². The molecule has 80 valence electrons. The van der Waals surface area contributed by atoms with Crippen LogP contribution in [-0.4, -0.2) is 11.7 Å². The number of amides is 1. The molecule has 0 spiro atoms. The van der Waals surface area contributed by atoms with Crippen molar-refractivity contribution in [2.24, 2.45) is 0 Å². The first kappa shape index (κ1) is 11.7. The molecule has 0 saturated carbocycles. The summed E-state index contributed by atoms with van der Waals surface area (Å²) in [7, 11) is 0. The molecule has 0 saturated heterocycles. The third-order valence-corrected chi connectivity index (χ3v) is 2.02. The Morgan fingerprint density at radius 3 is 2.73 bits per heavy atom. The molecule has 1 N–H and O–H groups in total. The molecule has 0 fully saturated rings. The van der Waals surface area contributed by atoms with E-state index in [1.807, 2.05) is 0 Å². The van der Waals surface area contributed by atoms with Gasteiger partial charge in [0.15, 0.2) is 0 Å². The highest BCUT2D eigenvalue weighted by molar-refractivity contribution is 6.33. The van der Waals surface area contributed by atoms with Crippen LogP contribution in [0.1, 0.15) is 13.3 Å². The fraction of sp³-hybridized carbons (Fsp3) is 0.200. The summed E-state index contributed by atoms with van der Waals surface area (Å²) in [6, 6.07) is 4.07. The van der Waals surface area contributed by atoms with Crippen molar-refractivity contribution in [1.82, 2.24) is 0 Å². The zero-order valence-corrected chi connectivity index (χ0v) is 8.77. The van der Waals surface area contributed by atoms with Crippen molar-refractivity contribution in [2.45, 2.75) is 13.3 Å². The molecule has 5 heteroatoms. The van der Waals surface area contributed by atoms with Gasteiger partial charge in [-0.3, -0.25) is 9.59 Å². The lowest BCUT2D eigenvalue weighted by molar-refractivity contribution is -0.124. The molecule has 0 bridgehead atoms. The van der Waals surface area contributed by atoms with Crippen LogP contribution < -0.4 is 5.32 Å². The fourth-order valence-corrected chi connectivity index (χ4v) is 1.19. The molecule has 1 amide bonds. The van der Waals surface area contributed by atoms with Crippen LogP contribution in [0.2, 0.25) is 5.02 Å². The highest BCUT2D eigenvalue weighted by atomic mass is 35.5. The van der Waals surface area contributed by atoms with Crippen molar-refractivity contribution in [1.29, 1.82) is 0 Å². The predicted octanol–water partition coefficient (Wildman–Crippen LogP) is 2.40. The maximum atomic E-state index is 12.9. The number of hydrogen-bond donors (Lipinski definition) is 1. The summed E-state index contributed by atoms with van der Waals surface area (Å²) in [5.41, 5.74) is 0.169. The Hall–Kier alpha value is -1.42. The van der Waals surface area contributed by atoms with Gasteiger partial charge < -0.3 is 5.32 Å². The number of carbonyl (C=O) groups is 2. The minimum absolute atomic E-state index is 0.158. The lowest BCUT2D eigenvalue weighted by atomic mass is 10.2. The van der Waals surface area contributed by atoms with Gasteiger partial charge in [0.05, 0.1) is 17.1 Å². The van der Waals surface area contributed by atoms with Gasteiger partial charge in [-0.1, -0.05) is 17.7 Å². The van der Waals surface area contributed by atoms with Crippen LogP contribution in [0.5, 0.6) is 0 Å². The Kier molecular flexibility index (Phi) is 3.80. The Bertz CT molecular complexity index is 406. The number of Topliss-reactive ketones (excluding diaryl/α,β-unsaturated/α-hetero) is 1. The Morgan fingerprint density at radius 2 is 2.13 bits per heavy atom. The van der Waals surface area contributed by atoms with E-state index in [1.54, 1.807) is 0 Å². The fourth-order valence-electron chi connectivity index (χ4n) is 1.02. The topological polar surface area (TPSA) is 46.2 Å². The Morgan fingerprint density at radius 1 is 1.47 bits per heavy atom. The van der Waals surface area contributed by atoms with Gasteiger partial charge in [-0.15, -0.1) is 0 Å². The summed E-state index contributed by atoms with van der Waals surface area (Å²) in [4.78, 5) is 21.8. The number of benzene rings is 1. The van der Waals surface area contributed by atoms with E-state index < -0.39 is 11.7 Å². The molecule has 15 heavy (non-hydrogen) atoms. The van der Waals surface area contributed by atoms with Crippen molar-refractivity contribution in [2.75, 3.05) is 5.32 Å². The van der Waals surface area contributed by atoms with E-state index in [9.17, 15) is 14.0 Å². The number of ketones is 1. The average Bonchev–Trinajstić information content (AvgIpc) is 2.11. The van der Waals surface area contributed by atoms with Gasteiger partial charge in [0.2, 0.25) is 5.91 Å². The molecule has 0 aliphatic carbocycles. The van der Waals surface area contributed by atoms with Crippen LogP contribution in [0.25, 0.3) is 0 Å². The molecule has 1 aromatic carbocycles. The second-order valence-electron chi connectivity index (χ2n) is 3.03.